The van der Waals surface area contributed by atoms with E-state index >= 15 is 0 Å². The Morgan fingerprint density at radius 1 is 1.17 bits per heavy atom. The minimum atomic E-state index is -3.13. The Kier molecular flexibility index (Phi) is 5.68. The van der Waals surface area contributed by atoms with E-state index in [4.69, 9.17) is 28.2 Å². The van der Waals surface area contributed by atoms with E-state index in [0.29, 0.717) is 21.4 Å². The maximum atomic E-state index is 12.2. The van der Waals surface area contributed by atoms with Gasteiger partial charge in [0.2, 0.25) is 0 Å². The van der Waals surface area contributed by atoms with Gasteiger partial charge >= 0.3 is 0 Å². The highest BCUT2D eigenvalue weighted by molar-refractivity contribution is 8.13. The van der Waals surface area contributed by atoms with E-state index in [0.717, 1.165) is 16.4 Å². The van der Waals surface area contributed by atoms with Crippen LogP contribution in [0.2, 0.25) is 10.0 Å². The molecule has 0 spiro atoms. The number of nitrogens with zero attached hydrogens (tertiary/aromatic N) is 2. The van der Waals surface area contributed by atoms with Crippen molar-refractivity contribution in [2.75, 3.05) is 16.4 Å². The lowest BCUT2D eigenvalue weighted by atomic mass is 10.1. The van der Waals surface area contributed by atoms with E-state index in [1.807, 2.05) is 29.2 Å². The van der Waals surface area contributed by atoms with Crippen LogP contribution in [0.15, 0.2) is 47.5 Å². The molecule has 1 fully saturated rings. The van der Waals surface area contributed by atoms with Gasteiger partial charge in [-0.25, -0.2) is 8.42 Å². The number of thioether (sulfide) groups is 1. The van der Waals surface area contributed by atoms with Crippen molar-refractivity contribution in [1.29, 1.82) is 0 Å². The summed E-state index contributed by atoms with van der Waals surface area (Å²) >= 11 is 13.6. The number of anilines is 1. The van der Waals surface area contributed by atoms with Gasteiger partial charge in [-0.1, -0.05) is 53.2 Å². The lowest BCUT2D eigenvalue weighted by molar-refractivity contribution is 0.101. The van der Waals surface area contributed by atoms with Crippen molar-refractivity contribution in [3.05, 3.63) is 63.6 Å². The van der Waals surface area contributed by atoms with E-state index in [1.54, 1.807) is 18.2 Å². The van der Waals surface area contributed by atoms with Gasteiger partial charge in [0, 0.05) is 17.0 Å². The summed E-state index contributed by atoms with van der Waals surface area (Å²) in [6.45, 7) is 1.51. The number of aliphatic imine (C=N–C) groups is 1. The van der Waals surface area contributed by atoms with Crippen molar-refractivity contribution >= 4 is 61.4 Å². The Balaban J connectivity index is 1.64. The third-order valence-electron chi connectivity index (χ3n) is 4.99. The van der Waals surface area contributed by atoms with Crippen LogP contribution in [0.3, 0.4) is 0 Å². The molecule has 152 valence electrons. The standard InChI is InChI=1S/C20H18Cl2N2O3S2/c1-12(25)14-3-2-4-15(8-14)24-19-11-29(26,27)10-18(19)23-20(24)28-9-13-5-6-16(21)17(22)7-13/h2-8,18-19H,9-11H2,1H3/t18-,19+/m0/s1. The molecule has 2 aliphatic heterocycles. The monoisotopic (exact) mass is 468 g/mol. The fraction of sp³-hybridized carbons (Fsp3) is 0.300. The average Bonchev–Trinajstić information content (AvgIpc) is 3.13. The second kappa shape index (κ2) is 7.95. The number of rotatable bonds is 4. The molecule has 2 atom stereocenters. The molecule has 1 saturated heterocycles. The van der Waals surface area contributed by atoms with E-state index in [2.05, 4.69) is 0 Å². The summed E-state index contributed by atoms with van der Waals surface area (Å²) < 4.78 is 24.3. The molecule has 0 saturated carbocycles. The minimum Gasteiger partial charge on any atom is -0.315 e. The molecule has 4 rings (SSSR count). The molecule has 2 aliphatic rings. The number of carbonyl (C=O) groups excluding carboxylic acids is 1. The summed E-state index contributed by atoms with van der Waals surface area (Å²) in [4.78, 5) is 18.5. The van der Waals surface area contributed by atoms with E-state index < -0.39 is 9.84 Å². The molecule has 9 heteroatoms. The van der Waals surface area contributed by atoms with E-state index in [-0.39, 0.29) is 29.4 Å². The molecule has 2 heterocycles. The number of ketones is 1. The van der Waals surface area contributed by atoms with Crippen LogP contribution in [0, 0.1) is 0 Å². The number of carbonyl (C=O) groups is 1. The second-order valence-corrected chi connectivity index (χ2v) is 11.0. The third-order valence-corrected chi connectivity index (χ3v) is 8.47. The molecule has 2 aromatic carbocycles. The summed E-state index contributed by atoms with van der Waals surface area (Å²) in [5, 5.41) is 1.75. The quantitative estimate of drug-likeness (QED) is 0.619. The molecular weight excluding hydrogens is 451 g/mol. The van der Waals surface area contributed by atoms with Crippen molar-refractivity contribution in [2.45, 2.75) is 24.8 Å². The first kappa shape index (κ1) is 20.7. The van der Waals surface area contributed by atoms with Gasteiger partial charge in [-0.2, -0.15) is 0 Å². The second-order valence-electron chi connectivity index (χ2n) is 7.14. The van der Waals surface area contributed by atoms with Crippen LogP contribution in [0.1, 0.15) is 22.8 Å². The number of Topliss-reactive ketones (excluding diaryl/α,β-unsaturated/α-hetero) is 1. The first-order chi connectivity index (χ1) is 13.7. The van der Waals surface area contributed by atoms with Crippen molar-refractivity contribution in [3.63, 3.8) is 0 Å². The van der Waals surface area contributed by atoms with Gasteiger partial charge in [0.05, 0.1) is 33.6 Å². The lowest BCUT2D eigenvalue weighted by Gasteiger charge is -2.27. The summed E-state index contributed by atoms with van der Waals surface area (Å²) in [6, 6.07) is 12.2. The highest BCUT2D eigenvalue weighted by atomic mass is 35.5. The van der Waals surface area contributed by atoms with Crippen LogP contribution in [-0.2, 0) is 15.6 Å². The number of amidine groups is 1. The first-order valence-corrected chi connectivity index (χ1v) is 12.5. The van der Waals surface area contributed by atoms with Crippen LogP contribution in [-0.4, -0.2) is 43.0 Å². The van der Waals surface area contributed by atoms with Crippen molar-refractivity contribution in [2.24, 2.45) is 4.99 Å². The highest BCUT2D eigenvalue weighted by Gasteiger charge is 2.47. The first-order valence-electron chi connectivity index (χ1n) is 8.99. The Morgan fingerprint density at radius 2 is 1.97 bits per heavy atom. The molecule has 0 unspecified atom stereocenters. The van der Waals surface area contributed by atoms with E-state index in [9.17, 15) is 13.2 Å². The van der Waals surface area contributed by atoms with Crippen molar-refractivity contribution in [1.82, 2.24) is 0 Å². The number of hydrogen-bond donors (Lipinski definition) is 0. The largest absolute Gasteiger partial charge is 0.315 e. The summed E-state index contributed by atoms with van der Waals surface area (Å²) in [5.41, 5.74) is 2.36. The fourth-order valence-corrected chi connectivity index (χ4v) is 6.82. The maximum Gasteiger partial charge on any atom is 0.164 e. The zero-order chi connectivity index (χ0) is 20.8. The van der Waals surface area contributed by atoms with Crippen LogP contribution in [0.4, 0.5) is 5.69 Å². The highest BCUT2D eigenvalue weighted by Crippen LogP contribution is 2.36. The lowest BCUT2D eigenvalue weighted by Crippen LogP contribution is -2.39. The molecule has 2 aromatic rings. The normalized spacial score (nSPS) is 22.4. The summed E-state index contributed by atoms with van der Waals surface area (Å²) in [6.07, 6.45) is 0. The molecule has 29 heavy (non-hydrogen) atoms. The maximum absolute atomic E-state index is 12.2. The third kappa shape index (κ3) is 4.33. The van der Waals surface area contributed by atoms with Gasteiger partial charge in [0.15, 0.2) is 20.8 Å². The Hall–Kier alpha value is -1.54. The fourth-order valence-electron chi connectivity index (χ4n) is 3.59. The number of fused-ring (bicyclic) bond motifs is 1. The molecule has 0 bridgehead atoms. The molecule has 0 aliphatic carbocycles. The topological polar surface area (TPSA) is 66.8 Å². The number of sulfone groups is 1. The number of benzene rings is 2. The molecule has 5 nitrogen and oxygen atoms in total. The molecule has 0 radical (unpaired) electrons. The molecular formula is C20H18Cl2N2O3S2. The summed E-state index contributed by atoms with van der Waals surface area (Å²) in [7, 11) is -3.13. The van der Waals surface area contributed by atoms with Crippen molar-refractivity contribution in [3.8, 4) is 0 Å². The van der Waals surface area contributed by atoms with Gasteiger partial charge in [-0.15, -0.1) is 0 Å². The smallest absolute Gasteiger partial charge is 0.164 e. The molecule has 0 N–H and O–H groups in total. The average molecular weight is 469 g/mol. The molecule has 0 aromatic heterocycles. The predicted octanol–water partition coefficient (Wildman–Crippen LogP) is 4.47. The van der Waals surface area contributed by atoms with Crippen LogP contribution in [0.25, 0.3) is 0 Å². The zero-order valence-corrected chi connectivity index (χ0v) is 18.7. The van der Waals surface area contributed by atoms with Gasteiger partial charge in [0.1, 0.15) is 0 Å². The number of halogens is 2. The minimum absolute atomic E-state index is 0.0383. The Morgan fingerprint density at radius 3 is 2.69 bits per heavy atom. The predicted molar refractivity (Wildman–Crippen MR) is 120 cm³/mol. The Labute approximate surface area is 184 Å². The van der Waals surface area contributed by atoms with E-state index in [1.165, 1.54) is 18.7 Å². The molecule has 0 amide bonds. The van der Waals surface area contributed by atoms with Crippen LogP contribution >= 0.6 is 35.0 Å². The zero-order valence-electron chi connectivity index (χ0n) is 15.5. The van der Waals surface area contributed by atoms with Gasteiger partial charge < -0.3 is 4.90 Å². The van der Waals surface area contributed by atoms with Crippen molar-refractivity contribution < 1.29 is 13.2 Å². The van der Waals surface area contributed by atoms with Crippen LogP contribution in [0.5, 0.6) is 0 Å². The van der Waals surface area contributed by atoms with Crippen LogP contribution < -0.4 is 4.90 Å². The van der Waals surface area contributed by atoms with Gasteiger partial charge in [-0.3, -0.25) is 9.79 Å². The SMILES string of the molecule is CC(=O)c1cccc(N2C(SCc3ccc(Cl)c(Cl)c3)=N[C@H]3CS(=O)(=O)C[C@H]32)c1. The Bertz CT molecular complexity index is 1120. The number of hydrogen-bond acceptors (Lipinski definition) is 6. The summed E-state index contributed by atoms with van der Waals surface area (Å²) in [5.74, 6) is 0.688. The van der Waals surface area contributed by atoms with Gasteiger partial charge in [0.25, 0.3) is 0 Å². The van der Waals surface area contributed by atoms with Gasteiger partial charge in [-0.05, 0) is 36.8 Å².